The molecule has 0 radical (unpaired) electrons. The molecule has 1 unspecified atom stereocenters. The van der Waals surface area contributed by atoms with Crippen LogP contribution in [0.2, 0.25) is 0 Å². The molecule has 106 valence electrons. The summed E-state index contributed by atoms with van der Waals surface area (Å²) in [5, 5.41) is 10.7. The van der Waals surface area contributed by atoms with Gasteiger partial charge in [-0.15, -0.1) is 0 Å². The third-order valence-corrected chi connectivity index (χ3v) is 4.84. The van der Waals surface area contributed by atoms with Gasteiger partial charge in [0.05, 0.1) is 5.69 Å². The van der Waals surface area contributed by atoms with Gasteiger partial charge in [-0.2, -0.15) is 0 Å². The summed E-state index contributed by atoms with van der Waals surface area (Å²) in [4.78, 5) is 4.35. The highest BCUT2D eigenvalue weighted by molar-refractivity contribution is 9.10. The van der Waals surface area contributed by atoms with Crippen LogP contribution in [0.15, 0.2) is 22.8 Å². The van der Waals surface area contributed by atoms with Crippen LogP contribution in [0, 0.1) is 5.41 Å². The van der Waals surface area contributed by atoms with Crippen LogP contribution in [0.3, 0.4) is 0 Å². The molecule has 1 aliphatic carbocycles. The molecule has 1 aromatic rings. The Kier molecular flexibility index (Phi) is 5.37. The standard InChI is InChI=1S/C15H23BrN2O/c16-12-6-7-13(18-10-12)14(19)15(11-17)8-4-2-1-3-5-9-15/h6-7,10,14,19H,1-5,8-9,11,17H2. The lowest BCUT2D eigenvalue weighted by Crippen LogP contribution is -2.37. The van der Waals surface area contributed by atoms with E-state index in [0.29, 0.717) is 6.54 Å². The summed E-state index contributed by atoms with van der Waals surface area (Å²) in [6, 6.07) is 3.82. The summed E-state index contributed by atoms with van der Waals surface area (Å²) in [6.07, 6.45) is 9.33. The second-order valence-corrected chi connectivity index (χ2v) is 6.55. The first-order valence-electron chi connectivity index (χ1n) is 7.17. The second-order valence-electron chi connectivity index (χ2n) is 5.64. The zero-order valence-electron chi connectivity index (χ0n) is 11.3. The molecule has 0 bridgehead atoms. The van der Waals surface area contributed by atoms with E-state index >= 15 is 0 Å². The maximum atomic E-state index is 10.7. The van der Waals surface area contributed by atoms with Crippen LogP contribution >= 0.6 is 15.9 Å². The molecule has 1 aromatic heterocycles. The zero-order valence-corrected chi connectivity index (χ0v) is 12.9. The largest absolute Gasteiger partial charge is 0.386 e. The lowest BCUT2D eigenvalue weighted by Gasteiger charge is -2.38. The van der Waals surface area contributed by atoms with Crippen LogP contribution in [-0.4, -0.2) is 16.6 Å². The fourth-order valence-electron chi connectivity index (χ4n) is 3.06. The first-order valence-corrected chi connectivity index (χ1v) is 7.97. The van der Waals surface area contributed by atoms with Crippen molar-refractivity contribution >= 4 is 15.9 Å². The summed E-state index contributed by atoms with van der Waals surface area (Å²) in [5.74, 6) is 0. The van der Waals surface area contributed by atoms with Crippen molar-refractivity contribution in [1.82, 2.24) is 4.98 Å². The Balaban J connectivity index is 2.20. The molecule has 0 aliphatic heterocycles. The number of aromatic nitrogens is 1. The van der Waals surface area contributed by atoms with E-state index in [1.807, 2.05) is 12.1 Å². The quantitative estimate of drug-likeness (QED) is 0.892. The molecule has 2 rings (SSSR count). The predicted octanol–water partition coefficient (Wildman–Crippen LogP) is 3.57. The molecule has 1 saturated carbocycles. The van der Waals surface area contributed by atoms with Gasteiger partial charge < -0.3 is 10.8 Å². The van der Waals surface area contributed by atoms with Gasteiger partial charge in [0.25, 0.3) is 0 Å². The Morgan fingerprint density at radius 1 is 1.21 bits per heavy atom. The fraction of sp³-hybridized carbons (Fsp3) is 0.667. The summed E-state index contributed by atoms with van der Waals surface area (Å²) < 4.78 is 0.933. The van der Waals surface area contributed by atoms with Crippen molar-refractivity contribution in [3.63, 3.8) is 0 Å². The average Bonchev–Trinajstić information content (AvgIpc) is 2.39. The SMILES string of the molecule is NCC1(C(O)c2ccc(Br)cn2)CCCCCCC1. The Bertz CT molecular complexity index is 386. The Morgan fingerprint density at radius 2 is 1.84 bits per heavy atom. The fourth-order valence-corrected chi connectivity index (χ4v) is 3.30. The maximum Gasteiger partial charge on any atom is 0.103 e. The van der Waals surface area contributed by atoms with Crippen LogP contribution in [-0.2, 0) is 0 Å². The monoisotopic (exact) mass is 326 g/mol. The van der Waals surface area contributed by atoms with Crippen molar-refractivity contribution in [2.45, 2.75) is 51.0 Å². The molecule has 19 heavy (non-hydrogen) atoms. The van der Waals surface area contributed by atoms with Crippen molar-refractivity contribution in [2.75, 3.05) is 6.54 Å². The third-order valence-electron chi connectivity index (χ3n) is 4.37. The van der Waals surface area contributed by atoms with E-state index in [0.717, 1.165) is 35.8 Å². The molecule has 0 spiro atoms. The summed E-state index contributed by atoms with van der Waals surface area (Å²) in [7, 11) is 0. The number of nitrogens with zero attached hydrogens (tertiary/aromatic N) is 1. The molecule has 0 amide bonds. The molecule has 1 heterocycles. The minimum Gasteiger partial charge on any atom is -0.386 e. The van der Waals surface area contributed by atoms with Crippen molar-refractivity contribution in [1.29, 1.82) is 0 Å². The topological polar surface area (TPSA) is 59.1 Å². The van der Waals surface area contributed by atoms with E-state index in [9.17, 15) is 5.11 Å². The predicted molar refractivity (Wildman–Crippen MR) is 80.7 cm³/mol. The average molecular weight is 327 g/mol. The van der Waals surface area contributed by atoms with Crippen LogP contribution in [0.1, 0.15) is 56.7 Å². The van der Waals surface area contributed by atoms with Crippen molar-refractivity contribution in [2.24, 2.45) is 11.1 Å². The summed E-state index contributed by atoms with van der Waals surface area (Å²) in [6.45, 7) is 0.534. The van der Waals surface area contributed by atoms with Crippen molar-refractivity contribution < 1.29 is 5.11 Å². The molecule has 4 heteroatoms. The van der Waals surface area contributed by atoms with Gasteiger partial charge in [-0.3, -0.25) is 4.98 Å². The number of rotatable bonds is 3. The third kappa shape index (κ3) is 3.56. The summed E-state index contributed by atoms with van der Waals surface area (Å²) in [5.41, 5.74) is 6.58. The molecule has 1 aliphatic rings. The lowest BCUT2D eigenvalue weighted by molar-refractivity contribution is 0.00553. The molecular weight excluding hydrogens is 304 g/mol. The Labute approximate surface area is 123 Å². The van der Waals surface area contributed by atoms with E-state index in [1.165, 1.54) is 19.3 Å². The van der Waals surface area contributed by atoms with E-state index in [2.05, 4.69) is 20.9 Å². The van der Waals surface area contributed by atoms with Gasteiger partial charge in [0.1, 0.15) is 6.10 Å². The normalized spacial score (nSPS) is 21.4. The minimum atomic E-state index is -0.552. The van der Waals surface area contributed by atoms with Crippen LogP contribution in [0.25, 0.3) is 0 Å². The van der Waals surface area contributed by atoms with Crippen molar-refractivity contribution in [3.8, 4) is 0 Å². The number of halogens is 1. The minimum absolute atomic E-state index is 0.193. The summed E-state index contributed by atoms with van der Waals surface area (Å²) >= 11 is 3.38. The Morgan fingerprint density at radius 3 is 2.37 bits per heavy atom. The molecule has 3 nitrogen and oxygen atoms in total. The van der Waals surface area contributed by atoms with Gasteiger partial charge in [0.2, 0.25) is 0 Å². The molecule has 1 atom stereocenters. The van der Waals surface area contributed by atoms with Gasteiger partial charge in [0.15, 0.2) is 0 Å². The van der Waals surface area contributed by atoms with E-state index in [1.54, 1.807) is 6.20 Å². The molecule has 0 aromatic carbocycles. The van der Waals surface area contributed by atoms with Crippen LogP contribution < -0.4 is 5.73 Å². The van der Waals surface area contributed by atoms with E-state index < -0.39 is 6.10 Å². The number of aliphatic hydroxyl groups excluding tert-OH is 1. The number of hydrogen-bond donors (Lipinski definition) is 2. The van der Waals surface area contributed by atoms with Gasteiger partial charge >= 0.3 is 0 Å². The highest BCUT2D eigenvalue weighted by Crippen LogP contribution is 2.43. The number of nitrogens with two attached hydrogens (primary N) is 1. The first-order chi connectivity index (χ1) is 9.18. The van der Waals surface area contributed by atoms with Crippen LogP contribution in [0.5, 0.6) is 0 Å². The Hall–Kier alpha value is -0.450. The van der Waals surface area contributed by atoms with Gasteiger partial charge in [0, 0.05) is 22.6 Å². The molecule has 1 fully saturated rings. The highest BCUT2D eigenvalue weighted by Gasteiger charge is 2.37. The molecular formula is C15H23BrN2O. The number of hydrogen-bond acceptors (Lipinski definition) is 3. The second kappa shape index (κ2) is 6.82. The molecule has 3 N–H and O–H groups in total. The van der Waals surface area contributed by atoms with Gasteiger partial charge in [-0.05, 0) is 40.9 Å². The zero-order chi connectivity index (χ0) is 13.7. The van der Waals surface area contributed by atoms with E-state index in [4.69, 9.17) is 5.73 Å². The van der Waals surface area contributed by atoms with Gasteiger partial charge in [-0.1, -0.05) is 32.1 Å². The van der Waals surface area contributed by atoms with E-state index in [-0.39, 0.29) is 5.41 Å². The maximum absolute atomic E-state index is 10.7. The molecule has 0 saturated heterocycles. The number of aliphatic hydroxyl groups is 1. The first kappa shape index (κ1) is 14.9. The lowest BCUT2D eigenvalue weighted by atomic mass is 9.71. The highest BCUT2D eigenvalue weighted by atomic mass is 79.9. The number of pyridine rings is 1. The van der Waals surface area contributed by atoms with Crippen LogP contribution in [0.4, 0.5) is 0 Å². The van der Waals surface area contributed by atoms with Gasteiger partial charge in [-0.25, -0.2) is 0 Å². The smallest absolute Gasteiger partial charge is 0.103 e. The van der Waals surface area contributed by atoms with Crippen molar-refractivity contribution in [3.05, 3.63) is 28.5 Å².